The van der Waals surface area contributed by atoms with Gasteiger partial charge in [-0.15, -0.1) is 0 Å². The van der Waals surface area contributed by atoms with Gasteiger partial charge in [-0.2, -0.15) is 0 Å². The number of Topliss-reactive ketones (excluding diaryl/α,β-unsaturated/α-hetero) is 1. The van der Waals surface area contributed by atoms with Crippen LogP contribution in [0.15, 0.2) is 53.0 Å². The van der Waals surface area contributed by atoms with Crippen molar-refractivity contribution in [3.63, 3.8) is 0 Å². The number of hydrogen-bond donors (Lipinski definition) is 0. The SMILES string of the molecule is CC(Oc1ccc(F)cc1Br)C(=O)c1ccccc1. The second-order valence-electron chi connectivity index (χ2n) is 4.07. The van der Waals surface area contributed by atoms with E-state index in [9.17, 15) is 9.18 Å². The highest BCUT2D eigenvalue weighted by Gasteiger charge is 2.17. The lowest BCUT2D eigenvalue weighted by atomic mass is 10.1. The zero-order valence-corrected chi connectivity index (χ0v) is 11.9. The van der Waals surface area contributed by atoms with E-state index in [0.29, 0.717) is 15.8 Å². The highest BCUT2D eigenvalue weighted by Crippen LogP contribution is 2.26. The van der Waals surface area contributed by atoms with Crippen molar-refractivity contribution < 1.29 is 13.9 Å². The number of ether oxygens (including phenoxy) is 1. The molecule has 0 saturated carbocycles. The van der Waals surface area contributed by atoms with Gasteiger partial charge in [0, 0.05) is 5.56 Å². The molecule has 98 valence electrons. The minimum atomic E-state index is -0.635. The Bertz CT molecular complexity index is 584. The maximum absolute atomic E-state index is 13.0. The van der Waals surface area contributed by atoms with Crippen molar-refractivity contribution in [2.75, 3.05) is 0 Å². The minimum Gasteiger partial charge on any atom is -0.481 e. The maximum atomic E-state index is 13.0. The third-order valence-electron chi connectivity index (χ3n) is 2.63. The molecule has 0 saturated heterocycles. The Balaban J connectivity index is 2.13. The van der Waals surface area contributed by atoms with Crippen molar-refractivity contribution in [2.24, 2.45) is 0 Å². The molecule has 2 rings (SSSR count). The summed E-state index contributed by atoms with van der Waals surface area (Å²) in [6, 6.07) is 13.0. The number of benzene rings is 2. The van der Waals surface area contributed by atoms with Crippen molar-refractivity contribution in [3.05, 3.63) is 64.4 Å². The van der Waals surface area contributed by atoms with Crippen LogP contribution in [0.1, 0.15) is 17.3 Å². The van der Waals surface area contributed by atoms with E-state index in [1.54, 1.807) is 31.2 Å². The predicted molar refractivity (Wildman–Crippen MR) is 75.0 cm³/mol. The standard InChI is InChI=1S/C15H12BrFO2/c1-10(15(18)11-5-3-2-4-6-11)19-14-8-7-12(17)9-13(14)16/h2-10H,1H3. The van der Waals surface area contributed by atoms with Gasteiger partial charge >= 0.3 is 0 Å². The van der Waals surface area contributed by atoms with E-state index in [-0.39, 0.29) is 11.6 Å². The van der Waals surface area contributed by atoms with Gasteiger partial charge in [-0.25, -0.2) is 4.39 Å². The van der Waals surface area contributed by atoms with E-state index in [1.807, 2.05) is 6.07 Å². The molecule has 2 aromatic rings. The van der Waals surface area contributed by atoms with Crippen LogP contribution >= 0.6 is 15.9 Å². The van der Waals surface area contributed by atoms with Gasteiger partial charge < -0.3 is 4.74 Å². The summed E-state index contributed by atoms with van der Waals surface area (Å²) >= 11 is 3.20. The largest absolute Gasteiger partial charge is 0.481 e. The monoisotopic (exact) mass is 322 g/mol. The number of rotatable bonds is 4. The Hall–Kier alpha value is -1.68. The van der Waals surface area contributed by atoms with Crippen LogP contribution in [0, 0.1) is 5.82 Å². The van der Waals surface area contributed by atoms with Crippen LogP contribution in [0.3, 0.4) is 0 Å². The summed E-state index contributed by atoms with van der Waals surface area (Å²) in [5, 5.41) is 0. The molecule has 1 unspecified atom stereocenters. The average molecular weight is 323 g/mol. The summed E-state index contributed by atoms with van der Waals surface area (Å²) in [7, 11) is 0. The fourth-order valence-corrected chi connectivity index (χ4v) is 2.10. The smallest absolute Gasteiger partial charge is 0.202 e. The lowest BCUT2D eigenvalue weighted by molar-refractivity contribution is 0.0817. The molecule has 0 aliphatic carbocycles. The molecular weight excluding hydrogens is 311 g/mol. The second-order valence-corrected chi connectivity index (χ2v) is 4.92. The van der Waals surface area contributed by atoms with E-state index >= 15 is 0 Å². The normalized spacial score (nSPS) is 11.9. The van der Waals surface area contributed by atoms with Crippen molar-refractivity contribution >= 4 is 21.7 Å². The Morgan fingerprint density at radius 1 is 1.21 bits per heavy atom. The van der Waals surface area contributed by atoms with Crippen LogP contribution in [-0.2, 0) is 0 Å². The first-order valence-electron chi connectivity index (χ1n) is 5.79. The number of halogens is 2. The van der Waals surface area contributed by atoms with E-state index in [0.717, 1.165) is 0 Å². The van der Waals surface area contributed by atoms with Gasteiger partial charge in [-0.05, 0) is 41.1 Å². The van der Waals surface area contributed by atoms with E-state index in [2.05, 4.69) is 15.9 Å². The third kappa shape index (κ3) is 3.41. The summed E-state index contributed by atoms with van der Waals surface area (Å²) in [5.74, 6) is -0.0312. The van der Waals surface area contributed by atoms with E-state index in [4.69, 9.17) is 4.74 Å². The van der Waals surface area contributed by atoms with Crippen LogP contribution in [0.5, 0.6) is 5.75 Å². The Kier molecular flexibility index (Phi) is 4.32. The van der Waals surface area contributed by atoms with Crippen molar-refractivity contribution in [1.82, 2.24) is 0 Å². The highest BCUT2D eigenvalue weighted by molar-refractivity contribution is 9.10. The van der Waals surface area contributed by atoms with Gasteiger partial charge in [0.1, 0.15) is 11.6 Å². The fraction of sp³-hybridized carbons (Fsp3) is 0.133. The molecule has 0 bridgehead atoms. The third-order valence-corrected chi connectivity index (χ3v) is 3.24. The molecule has 4 heteroatoms. The summed E-state index contributed by atoms with van der Waals surface area (Å²) in [4.78, 5) is 12.1. The van der Waals surface area contributed by atoms with E-state index in [1.165, 1.54) is 18.2 Å². The summed E-state index contributed by atoms with van der Waals surface area (Å²) in [6.07, 6.45) is -0.635. The lowest BCUT2D eigenvalue weighted by Gasteiger charge is -2.14. The van der Waals surface area contributed by atoms with Gasteiger partial charge in [-0.1, -0.05) is 30.3 Å². The molecule has 0 aliphatic heterocycles. The van der Waals surface area contributed by atoms with Gasteiger partial charge in [0.05, 0.1) is 4.47 Å². The topological polar surface area (TPSA) is 26.3 Å². The quantitative estimate of drug-likeness (QED) is 0.787. The Morgan fingerprint density at radius 3 is 2.53 bits per heavy atom. The summed E-state index contributed by atoms with van der Waals surface area (Å²) < 4.78 is 19.0. The van der Waals surface area contributed by atoms with Crippen molar-refractivity contribution in [3.8, 4) is 5.75 Å². The molecule has 0 radical (unpaired) electrons. The Morgan fingerprint density at radius 2 is 1.89 bits per heavy atom. The molecule has 0 aromatic heterocycles. The average Bonchev–Trinajstić information content (AvgIpc) is 2.42. The van der Waals surface area contributed by atoms with Gasteiger partial charge in [0.15, 0.2) is 6.10 Å². The highest BCUT2D eigenvalue weighted by atomic mass is 79.9. The molecule has 1 atom stereocenters. The Labute approximate surface area is 119 Å². The van der Waals surface area contributed by atoms with Crippen LogP contribution in [-0.4, -0.2) is 11.9 Å². The fourth-order valence-electron chi connectivity index (χ4n) is 1.65. The molecule has 0 spiro atoms. The maximum Gasteiger partial charge on any atom is 0.202 e. The van der Waals surface area contributed by atoms with Gasteiger partial charge in [0.2, 0.25) is 5.78 Å². The number of carbonyl (C=O) groups excluding carboxylic acids is 1. The summed E-state index contributed by atoms with van der Waals surface area (Å²) in [6.45, 7) is 1.67. The molecule has 0 fully saturated rings. The zero-order valence-electron chi connectivity index (χ0n) is 10.3. The molecule has 19 heavy (non-hydrogen) atoms. The van der Waals surface area contributed by atoms with Crippen LogP contribution in [0.4, 0.5) is 4.39 Å². The lowest BCUT2D eigenvalue weighted by Crippen LogP contribution is -2.24. The van der Waals surface area contributed by atoms with Crippen LogP contribution < -0.4 is 4.74 Å². The van der Waals surface area contributed by atoms with Crippen molar-refractivity contribution in [1.29, 1.82) is 0 Å². The predicted octanol–water partition coefficient (Wildman–Crippen LogP) is 4.24. The first-order valence-corrected chi connectivity index (χ1v) is 6.58. The zero-order chi connectivity index (χ0) is 13.8. The molecule has 2 aromatic carbocycles. The number of hydrogen-bond acceptors (Lipinski definition) is 2. The van der Waals surface area contributed by atoms with Crippen LogP contribution in [0.25, 0.3) is 0 Å². The second kappa shape index (κ2) is 5.97. The first kappa shape index (κ1) is 13.7. The van der Waals surface area contributed by atoms with Crippen molar-refractivity contribution in [2.45, 2.75) is 13.0 Å². The van der Waals surface area contributed by atoms with Gasteiger partial charge in [-0.3, -0.25) is 4.79 Å². The number of ketones is 1. The molecule has 0 amide bonds. The van der Waals surface area contributed by atoms with Gasteiger partial charge in [0.25, 0.3) is 0 Å². The summed E-state index contributed by atoms with van der Waals surface area (Å²) in [5.41, 5.74) is 0.591. The molecule has 2 nitrogen and oxygen atoms in total. The number of carbonyl (C=O) groups is 1. The minimum absolute atomic E-state index is 0.114. The molecular formula is C15H12BrFO2. The first-order chi connectivity index (χ1) is 9.08. The molecule has 0 aliphatic rings. The molecule has 0 heterocycles. The molecule has 0 N–H and O–H groups in total. The van der Waals surface area contributed by atoms with E-state index < -0.39 is 6.10 Å². The van der Waals surface area contributed by atoms with Crippen LogP contribution in [0.2, 0.25) is 0 Å².